The van der Waals surface area contributed by atoms with Crippen molar-refractivity contribution in [2.24, 2.45) is 9.98 Å². The molecule has 2 saturated heterocycles. The quantitative estimate of drug-likeness (QED) is 0.254. The standard InChI is InChI=1S/C33H36N8S2/c1-21-17-24-30(41-15-13-39(2)14-16-41)36-29-19-22(7-8-28(29)38-32(24)42-21)18-23-20-25-31(40-11-9-34-10-12-40)35-26-5-3-4-6-27(26)37-33(25)43-23/h3-8,17,19-20,34,37-38H,9-16,18H2,1-2H3. The fourth-order valence-electron chi connectivity index (χ4n) is 6.29. The van der Waals surface area contributed by atoms with Gasteiger partial charge in [-0.25, -0.2) is 9.98 Å². The maximum atomic E-state index is 5.35. The van der Waals surface area contributed by atoms with Crippen molar-refractivity contribution in [2.75, 3.05) is 70.0 Å². The van der Waals surface area contributed by atoms with Gasteiger partial charge in [0.1, 0.15) is 21.7 Å². The number of thiophene rings is 2. The maximum absolute atomic E-state index is 5.35. The third kappa shape index (κ3) is 5.22. The molecule has 8 rings (SSSR count). The minimum absolute atomic E-state index is 0.851. The van der Waals surface area contributed by atoms with Crippen molar-refractivity contribution in [2.45, 2.75) is 13.3 Å². The first-order valence-corrected chi connectivity index (χ1v) is 16.8. The Bertz CT molecular complexity index is 1740. The van der Waals surface area contributed by atoms with E-state index in [0.717, 1.165) is 93.2 Å². The largest absolute Gasteiger partial charge is 0.353 e. The lowest BCUT2D eigenvalue weighted by Gasteiger charge is -2.34. The van der Waals surface area contributed by atoms with E-state index in [1.165, 1.54) is 36.4 Å². The Morgan fingerprint density at radius 3 is 2.21 bits per heavy atom. The molecule has 220 valence electrons. The third-order valence-corrected chi connectivity index (χ3v) is 10.6. The number of rotatable bonds is 2. The minimum atomic E-state index is 0.851. The van der Waals surface area contributed by atoms with E-state index in [-0.39, 0.29) is 0 Å². The molecule has 4 aliphatic rings. The Kier molecular flexibility index (Phi) is 6.94. The molecule has 8 nitrogen and oxygen atoms in total. The van der Waals surface area contributed by atoms with E-state index < -0.39 is 0 Å². The van der Waals surface area contributed by atoms with Crippen LogP contribution in [0.5, 0.6) is 0 Å². The summed E-state index contributed by atoms with van der Waals surface area (Å²) in [4.78, 5) is 20.5. The summed E-state index contributed by atoms with van der Waals surface area (Å²) in [6.07, 6.45) is 0.851. The molecule has 6 heterocycles. The highest BCUT2D eigenvalue weighted by Crippen LogP contribution is 2.42. The van der Waals surface area contributed by atoms with Crippen LogP contribution < -0.4 is 16.0 Å². The Morgan fingerprint density at radius 2 is 1.40 bits per heavy atom. The molecule has 43 heavy (non-hydrogen) atoms. The van der Waals surface area contributed by atoms with Crippen LogP contribution in [0.25, 0.3) is 0 Å². The molecule has 0 aliphatic carbocycles. The molecule has 3 N–H and O–H groups in total. The first kappa shape index (κ1) is 26.9. The monoisotopic (exact) mass is 608 g/mol. The first-order valence-electron chi connectivity index (χ1n) is 15.1. The molecule has 0 amide bonds. The molecule has 0 spiro atoms. The molecule has 2 aromatic carbocycles. The highest BCUT2D eigenvalue weighted by atomic mass is 32.1. The number of hydrogen-bond acceptors (Lipinski definition) is 10. The van der Waals surface area contributed by atoms with E-state index >= 15 is 0 Å². The highest BCUT2D eigenvalue weighted by molar-refractivity contribution is 7.17. The molecule has 0 saturated carbocycles. The van der Waals surface area contributed by atoms with E-state index in [0.29, 0.717) is 0 Å². The van der Waals surface area contributed by atoms with Crippen LogP contribution in [0.2, 0.25) is 0 Å². The van der Waals surface area contributed by atoms with Crippen molar-refractivity contribution in [3.05, 3.63) is 81.0 Å². The Balaban J connectivity index is 1.13. The van der Waals surface area contributed by atoms with Crippen LogP contribution in [0, 0.1) is 6.92 Å². The fourth-order valence-corrected chi connectivity index (χ4v) is 8.31. The van der Waals surface area contributed by atoms with E-state index in [4.69, 9.17) is 9.98 Å². The fraction of sp³-hybridized carbons (Fsp3) is 0.333. The van der Waals surface area contributed by atoms with Gasteiger partial charge >= 0.3 is 0 Å². The summed E-state index contributed by atoms with van der Waals surface area (Å²) in [5.41, 5.74) is 7.83. The number of amidine groups is 2. The SMILES string of the molecule is Cc1cc2c(s1)Nc1ccc(Cc3cc4c(s3)Nc3ccccc3N=C4N3CCNCC3)cc1N=C2N1CCN(C)CC1. The van der Waals surface area contributed by atoms with Crippen molar-refractivity contribution < 1.29 is 0 Å². The van der Waals surface area contributed by atoms with E-state index in [1.807, 2.05) is 22.7 Å². The molecular formula is C33H36N8S2. The van der Waals surface area contributed by atoms with Gasteiger partial charge in [0.15, 0.2) is 0 Å². The van der Waals surface area contributed by atoms with E-state index in [2.05, 4.69) is 99.2 Å². The van der Waals surface area contributed by atoms with Crippen molar-refractivity contribution in [1.82, 2.24) is 20.0 Å². The summed E-state index contributed by atoms with van der Waals surface area (Å²) in [7, 11) is 2.20. The van der Waals surface area contributed by atoms with Gasteiger partial charge in [0.05, 0.1) is 33.9 Å². The number of para-hydroxylation sites is 2. The summed E-state index contributed by atoms with van der Waals surface area (Å²) in [5.74, 6) is 2.17. The molecule has 0 unspecified atom stereocenters. The van der Waals surface area contributed by atoms with Crippen LogP contribution in [0.15, 0.2) is 64.6 Å². The van der Waals surface area contributed by atoms with Crippen LogP contribution in [-0.2, 0) is 6.42 Å². The summed E-state index contributed by atoms with van der Waals surface area (Å²) < 4.78 is 0. The average molecular weight is 609 g/mol. The number of benzene rings is 2. The second kappa shape index (κ2) is 11.1. The number of anilines is 4. The van der Waals surface area contributed by atoms with Crippen molar-refractivity contribution in [3.63, 3.8) is 0 Å². The Morgan fingerprint density at radius 1 is 0.721 bits per heavy atom. The normalized spacial score (nSPS) is 18.2. The van der Waals surface area contributed by atoms with Gasteiger partial charge in [-0.05, 0) is 55.9 Å². The number of nitrogens with zero attached hydrogens (tertiary/aromatic N) is 5. The lowest BCUT2D eigenvalue weighted by molar-refractivity contribution is 0.216. The highest BCUT2D eigenvalue weighted by Gasteiger charge is 2.27. The molecule has 4 aromatic rings. The zero-order valence-electron chi connectivity index (χ0n) is 24.6. The summed E-state index contributed by atoms with van der Waals surface area (Å²) in [5, 5.41) is 13.3. The lowest BCUT2D eigenvalue weighted by Crippen LogP contribution is -2.47. The van der Waals surface area contributed by atoms with Gasteiger partial charge in [-0.1, -0.05) is 18.2 Å². The number of aryl methyl sites for hydroxylation is 1. The van der Waals surface area contributed by atoms with Gasteiger partial charge < -0.3 is 30.7 Å². The number of likely N-dealkylation sites (N-methyl/N-ethyl adjacent to an activating group) is 1. The first-order chi connectivity index (χ1) is 21.1. The van der Waals surface area contributed by atoms with Gasteiger partial charge in [-0.15, -0.1) is 22.7 Å². The predicted molar refractivity (Wildman–Crippen MR) is 182 cm³/mol. The summed E-state index contributed by atoms with van der Waals surface area (Å²) in [6.45, 7) is 10.2. The predicted octanol–water partition coefficient (Wildman–Crippen LogP) is 6.13. The van der Waals surface area contributed by atoms with E-state index in [1.54, 1.807) is 0 Å². The maximum Gasteiger partial charge on any atom is 0.139 e. The van der Waals surface area contributed by atoms with Crippen LogP contribution in [-0.4, -0.2) is 85.8 Å². The zero-order valence-corrected chi connectivity index (χ0v) is 26.2. The average Bonchev–Trinajstić information content (AvgIpc) is 3.50. The summed E-state index contributed by atoms with van der Waals surface area (Å²) in [6, 6.07) is 19.7. The minimum Gasteiger partial charge on any atom is -0.353 e. The van der Waals surface area contributed by atoms with Gasteiger partial charge in [0, 0.05) is 68.5 Å². The summed E-state index contributed by atoms with van der Waals surface area (Å²) >= 11 is 3.65. The van der Waals surface area contributed by atoms with Crippen LogP contribution in [0.3, 0.4) is 0 Å². The number of nitrogens with one attached hydrogen (secondary N) is 3. The van der Waals surface area contributed by atoms with Crippen LogP contribution in [0.4, 0.5) is 32.8 Å². The molecule has 0 bridgehead atoms. The van der Waals surface area contributed by atoms with Crippen LogP contribution in [0.1, 0.15) is 26.4 Å². The van der Waals surface area contributed by atoms with Gasteiger partial charge in [-0.2, -0.15) is 0 Å². The van der Waals surface area contributed by atoms with Gasteiger partial charge in [-0.3, -0.25) is 0 Å². The molecule has 0 radical (unpaired) electrons. The molecule has 2 fully saturated rings. The van der Waals surface area contributed by atoms with Gasteiger partial charge in [0.25, 0.3) is 0 Å². The molecule has 4 aliphatic heterocycles. The van der Waals surface area contributed by atoms with Crippen molar-refractivity contribution in [3.8, 4) is 0 Å². The molecule has 10 heteroatoms. The number of aliphatic imine (C=N–C) groups is 2. The van der Waals surface area contributed by atoms with Crippen molar-refractivity contribution in [1.29, 1.82) is 0 Å². The van der Waals surface area contributed by atoms with Crippen molar-refractivity contribution >= 4 is 67.1 Å². The Hall–Kier alpha value is -3.70. The third-order valence-electron chi connectivity index (χ3n) is 8.63. The molecule has 2 aromatic heterocycles. The molecular weight excluding hydrogens is 573 g/mol. The zero-order chi connectivity index (χ0) is 28.9. The van der Waals surface area contributed by atoms with E-state index in [9.17, 15) is 0 Å². The Labute approximate surface area is 260 Å². The van der Waals surface area contributed by atoms with Gasteiger partial charge in [0.2, 0.25) is 0 Å². The number of fused-ring (bicyclic) bond motifs is 4. The smallest absolute Gasteiger partial charge is 0.139 e. The second-order valence-corrected chi connectivity index (χ2v) is 14.1. The second-order valence-electron chi connectivity index (χ2n) is 11.7. The molecule has 0 atom stereocenters. The number of hydrogen-bond donors (Lipinski definition) is 3. The number of piperazine rings is 2. The topological polar surface area (TPSA) is 70.5 Å². The lowest BCUT2D eigenvalue weighted by atomic mass is 10.1. The van der Waals surface area contributed by atoms with Crippen LogP contribution >= 0.6 is 22.7 Å².